The largest absolute Gasteiger partial charge is 0.416 e. The number of piperidine rings is 1. The van der Waals surface area contributed by atoms with E-state index in [1.807, 2.05) is 11.8 Å². The predicted octanol–water partition coefficient (Wildman–Crippen LogP) is 3.08. The minimum Gasteiger partial charge on any atom is -0.384 e. The Morgan fingerprint density at radius 1 is 1.43 bits per heavy atom. The molecule has 1 aromatic heterocycles. The maximum Gasteiger partial charge on any atom is 0.416 e. The van der Waals surface area contributed by atoms with E-state index in [0.29, 0.717) is 19.7 Å². The van der Waals surface area contributed by atoms with E-state index in [1.165, 1.54) is 0 Å². The molecule has 1 unspecified atom stereocenters. The van der Waals surface area contributed by atoms with Crippen molar-refractivity contribution in [2.75, 3.05) is 30.3 Å². The van der Waals surface area contributed by atoms with Crippen LogP contribution in [0.3, 0.4) is 0 Å². The molecule has 1 aromatic rings. The standard InChI is InChI=1S/C14H20F3N3O/c1-2-6-21-11-4-3-5-20(9-11)13-8-10(14(15,16)17)7-12(18)19-13/h7-8,11H,2-6,9H2,1H3,(H2,18,19). The van der Waals surface area contributed by atoms with Gasteiger partial charge < -0.3 is 15.4 Å². The molecule has 2 N–H and O–H groups in total. The first-order valence-electron chi connectivity index (χ1n) is 7.11. The number of alkyl halides is 3. The Labute approximate surface area is 122 Å². The van der Waals surface area contributed by atoms with Gasteiger partial charge in [0, 0.05) is 19.7 Å². The lowest BCUT2D eigenvalue weighted by atomic mass is 10.1. The number of pyridine rings is 1. The highest BCUT2D eigenvalue weighted by Gasteiger charge is 2.32. The van der Waals surface area contributed by atoms with Crippen LogP contribution in [-0.2, 0) is 10.9 Å². The summed E-state index contributed by atoms with van der Waals surface area (Å²) in [6, 6.07) is 1.91. The van der Waals surface area contributed by atoms with Gasteiger partial charge in [-0.05, 0) is 31.4 Å². The molecule has 0 aliphatic carbocycles. The molecule has 7 heteroatoms. The quantitative estimate of drug-likeness (QED) is 0.928. The first-order valence-corrected chi connectivity index (χ1v) is 7.11. The van der Waals surface area contributed by atoms with E-state index < -0.39 is 11.7 Å². The Kier molecular flexibility index (Phi) is 4.92. The smallest absolute Gasteiger partial charge is 0.384 e. The SMILES string of the molecule is CCCOC1CCCN(c2cc(C(F)(F)F)cc(N)n2)C1. The maximum atomic E-state index is 12.8. The topological polar surface area (TPSA) is 51.4 Å². The van der Waals surface area contributed by atoms with Crippen LogP contribution in [0, 0.1) is 0 Å². The lowest BCUT2D eigenvalue weighted by Gasteiger charge is -2.33. The Morgan fingerprint density at radius 3 is 2.86 bits per heavy atom. The van der Waals surface area contributed by atoms with Gasteiger partial charge in [-0.25, -0.2) is 4.98 Å². The molecule has 21 heavy (non-hydrogen) atoms. The number of nitrogens with two attached hydrogens (primary N) is 1. The number of aromatic nitrogens is 1. The Balaban J connectivity index is 2.15. The third kappa shape index (κ3) is 4.23. The summed E-state index contributed by atoms with van der Waals surface area (Å²) in [5, 5.41) is 0. The van der Waals surface area contributed by atoms with Gasteiger partial charge in [0.1, 0.15) is 11.6 Å². The molecule has 0 amide bonds. The van der Waals surface area contributed by atoms with E-state index in [1.54, 1.807) is 0 Å². The number of nitrogens with zero attached hydrogens (tertiary/aromatic N) is 2. The number of anilines is 2. The van der Waals surface area contributed by atoms with Crippen molar-refractivity contribution in [1.82, 2.24) is 4.98 Å². The van der Waals surface area contributed by atoms with Crippen LogP contribution in [0.4, 0.5) is 24.8 Å². The van der Waals surface area contributed by atoms with Crippen molar-refractivity contribution in [3.8, 4) is 0 Å². The lowest BCUT2D eigenvalue weighted by molar-refractivity contribution is -0.137. The summed E-state index contributed by atoms with van der Waals surface area (Å²) >= 11 is 0. The monoisotopic (exact) mass is 303 g/mol. The minimum atomic E-state index is -4.42. The molecule has 0 aromatic carbocycles. The molecule has 1 atom stereocenters. The summed E-state index contributed by atoms with van der Waals surface area (Å²) in [7, 11) is 0. The first kappa shape index (κ1) is 15.9. The molecule has 1 fully saturated rings. The summed E-state index contributed by atoms with van der Waals surface area (Å²) < 4.78 is 44.2. The second kappa shape index (κ2) is 6.51. The molecule has 0 spiro atoms. The summed E-state index contributed by atoms with van der Waals surface area (Å²) in [5.41, 5.74) is 4.75. The molecular formula is C14H20F3N3O. The summed E-state index contributed by atoms with van der Waals surface area (Å²) in [6.45, 7) is 3.90. The van der Waals surface area contributed by atoms with E-state index in [2.05, 4.69) is 4.98 Å². The van der Waals surface area contributed by atoms with Crippen molar-refractivity contribution in [2.24, 2.45) is 0 Å². The van der Waals surface area contributed by atoms with Crippen LogP contribution in [0.5, 0.6) is 0 Å². The zero-order valence-electron chi connectivity index (χ0n) is 12.0. The van der Waals surface area contributed by atoms with Gasteiger partial charge in [-0.15, -0.1) is 0 Å². The number of hydrogen-bond acceptors (Lipinski definition) is 4. The molecule has 0 saturated carbocycles. The summed E-state index contributed by atoms with van der Waals surface area (Å²) in [6.07, 6.45) is -1.67. The maximum absolute atomic E-state index is 12.8. The molecule has 0 radical (unpaired) electrons. The van der Waals surface area contributed by atoms with Gasteiger partial charge >= 0.3 is 6.18 Å². The average Bonchev–Trinajstić information content (AvgIpc) is 2.44. The summed E-state index contributed by atoms with van der Waals surface area (Å²) in [5.74, 6) is 0.156. The van der Waals surface area contributed by atoms with Crippen LogP contribution < -0.4 is 10.6 Å². The molecule has 1 aliphatic rings. The van der Waals surface area contributed by atoms with E-state index in [9.17, 15) is 13.2 Å². The summed E-state index contributed by atoms with van der Waals surface area (Å²) in [4.78, 5) is 5.85. The third-order valence-electron chi connectivity index (χ3n) is 3.42. The van der Waals surface area contributed by atoms with Crippen molar-refractivity contribution in [2.45, 2.75) is 38.5 Å². The lowest BCUT2D eigenvalue weighted by Crippen LogP contribution is -2.40. The van der Waals surface area contributed by atoms with Gasteiger partial charge in [-0.3, -0.25) is 0 Å². The third-order valence-corrected chi connectivity index (χ3v) is 3.42. The van der Waals surface area contributed by atoms with Crippen molar-refractivity contribution in [1.29, 1.82) is 0 Å². The molecule has 4 nitrogen and oxygen atoms in total. The van der Waals surface area contributed by atoms with Crippen LogP contribution in [0.15, 0.2) is 12.1 Å². The second-order valence-corrected chi connectivity index (χ2v) is 5.22. The molecule has 1 saturated heterocycles. The second-order valence-electron chi connectivity index (χ2n) is 5.22. The van der Waals surface area contributed by atoms with Crippen LogP contribution in [0.25, 0.3) is 0 Å². The molecular weight excluding hydrogens is 283 g/mol. The highest BCUT2D eigenvalue weighted by Crippen LogP contribution is 2.33. The van der Waals surface area contributed by atoms with E-state index in [-0.39, 0.29) is 17.7 Å². The Morgan fingerprint density at radius 2 is 2.19 bits per heavy atom. The predicted molar refractivity (Wildman–Crippen MR) is 75.1 cm³/mol. The first-order chi connectivity index (χ1) is 9.90. The Hall–Kier alpha value is -1.50. The number of rotatable bonds is 4. The highest BCUT2D eigenvalue weighted by atomic mass is 19.4. The molecule has 0 bridgehead atoms. The van der Waals surface area contributed by atoms with Crippen LogP contribution in [-0.4, -0.2) is 30.8 Å². The van der Waals surface area contributed by atoms with Crippen molar-refractivity contribution in [3.05, 3.63) is 17.7 Å². The van der Waals surface area contributed by atoms with Crippen LogP contribution in [0.2, 0.25) is 0 Å². The highest BCUT2D eigenvalue weighted by molar-refractivity contribution is 5.49. The number of hydrogen-bond donors (Lipinski definition) is 1. The van der Waals surface area contributed by atoms with Crippen LogP contribution in [0.1, 0.15) is 31.7 Å². The normalized spacial score (nSPS) is 19.8. The zero-order valence-corrected chi connectivity index (χ0v) is 12.0. The van der Waals surface area contributed by atoms with Gasteiger partial charge in [0.2, 0.25) is 0 Å². The molecule has 1 aliphatic heterocycles. The fourth-order valence-electron chi connectivity index (χ4n) is 2.43. The van der Waals surface area contributed by atoms with Gasteiger partial charge in [0.25, 0.3) is 0 Å². The van der Waals surface area contributed by atoms with Gasteiger partial charge in [0.15, 0.2) is 0 Å². The molecule has 2 heterocycles. The Bertz CT molecular complexity index is 479. The van der Waals surface area contributed by atoms with E-state index in [4.69, 9.17) is 10.5 Å². The van der Waals surface area contributed by atoms with Gasteiger partial charge in [0.05, 0.1) is 11.7 Å². The number of halogens is 3. The molecule has 2 rings (SSSR count). The number of ether oxygens (including phenoxy) is 1. The van der Waals surface area contributed by atoms with E-state index in [0.717, 1.165) is 31.4 Å². The number of nitrogen functional groups attached to an aromatic ring is 1. The van der Waals surface area contributed by atoms with Gasteiger partial charge in [-0.2, -0.15) is 13.2 Å². The zero-order chi connectivity index (χ0) is 15.5. The minimum absolute atomic E-state index is 0.0382. The van der Waals surface area contributed by atoms with Crippen molar-refractivity contribution < 1.29 is 17.9 Å². The van der Waals surface area contributed by atoms with Gasteiger partial charge in [-0.1, -0.05) is 6.92 Å². The fraction of sp³-hybridized carbons (Fsp3) is 0.643. The molecule has 118 valence electrons. The fourth-order valence-corrected chi connectivity index (χ4v) is 2.43. The van der Waals surface area contributed by atoms with E-state index >= 15 is 0 Å². The van der Waals surface area contributed by atoms with Crippen LogP contribution >= 0.6 is 0 Å². The van der Waals surface area contributed by atoms with Crippen molar-refractivity contribution >= 4 is 11.6 Å². The van der Waals surface area contributed by atoms with Crippen molar-refractivity contribution in [3.63, 3.8) is 0 Å². The average molecular weight is 303 g/mol.